The third kappa shape index (κ3) is 3.85. The van der Waals surface area contributed by atoms with Crippen LogP contribution in [0.3, 0.4) is 0 Å². The van der Waals surface area contributed by atoms with Crippen LogP contribution in [0.5, 0.6) is 0 Å². The maximum Gasteiger partial charge on any atom is 0.238 e. The number of hydrogen-bond donors (Lipinski definition) is 0. The highest BCUT2D eigenvalue weighted by Crippen LogP contribution is 2.48. The smallest absolute Gasteiger partial charge is 0.238 e. The van der Waals surface area contributed by atoms with Gasteiger partial charge in [-0.15, -0.1) is 0 Å². The number of para-hydroxylation sites is 3. The second-order valence-corrected chi connectivity index (χ2v) is 13.7. The predicted octanol–water partition coefficient (Wildman–Crippen LogP) is 12.5. The van der Waals surface area contributed by atoms with E-state index in [1.54, 1.807) is 0 Å². The van der Waals surface area contributed by atoms with Gasteiger partial charge in [-0.05, 0) is 29.7 Å². The van der Waals surface area contributed by atoms with Gasteiger partial charge in [0.1, 0.15) is 5.58 Å². The molecule has 0 N–H and O–H groups in total. The lowest BCUT2D eigenvalue weighted by atomic mass is 9.98. The minimum atomic E-state index is 0.566. The highest BCUT2D eigenvalue weighted by Gasteiger charge is 2.27. The Morgan fingerprint density at radius 1 is 0.396 bits per heavy atom. The van der Waals surface area contributed by atoms with E-state index in [9.17, 15) is 0 Å². The Kier molecular flexibility index (Phi) is 5.71. The zero-order valence-electron chi connectivity index (χ0n) is 28.4. The van der Waals surface area contributed by atoms with Gasteiger partial charge in [0, 0.05) is 54.3 Å². The molecule has 0 saturated heterocycles. The van der Waals surface area contributed by atoms with Gasteiger partial charge in [-0.1, -0.05) is 146 Å². The second-order valence-electron chi connectivity index (χ2n) is 13.7. The number of hydrogen-bond acceptors (Lipinski definition) is 3. The van der Waals surface area contributed by atoms with Crippen LogP contribution in [-0.4, -0.2) is 19.1 Å². The quantitative estimate of drug-likeness (QED) is 0.187. The molecule has 0 atom stereocenters. The van der Waals surface area contributed by atoms with Gasteiger partial charge in [-0.2, -0.15) is 4.98 Å². The van der Waals surface area contributed by atoms with E-state index < -0.39 is 0 Å². The average molecular weight is 677 g/mol. The van der Waals surface area contributed by atoms with E-state index in [2.05, 4.69) is 155 Å². The lowest BCUT2D eigenvalue weighted by Gasteiger charge is -2.13. The molecule has 4 heterocycles. The van der Waals surface area contributed by atoms with Crippen molar-refractivity contribution in [1.82, 2.24) is 19.1 Å². The van der Waals surface area contributed by atoms with Gasteiger partial charge < -0.3 is 8.98 Å². The fourth-order valence-electron chi connectivity index (χ4n) is 8.76. The SMILES string of the molecule is c1ccc(-c2nc(-n3c4c5ccccc5ccc4c4c5c6ccccc6n(-c6ccccc6)c5c5ccccc5c43)nc3oc4ccccc4c23)cc1. The van der Waals surface area contributed by atoms with Gasteiger partial charge >= 0.3 is 0 Å². The lowest BCUT2D eigenvalue weighted by Crippen LogP contribution is -2.03. The van der Waals surface area contributed by atoms with Crippen molar-refractivity contribution in [2.24, 2.45) is 0 Å². The van der Waals surface area contributed by atoms with Crippen LogP contribution in [-0.2, 0) is 0 Å². The van der Waals surface area contributed by atoms with Crippen molar-refractivity contribution in [1.29, 1.82) is 0 Å². The second kappa shape index (κ2) is 10.6. The molecule has 0 aliphatic carbocycles. The van der Waals surface area contributed by atoms with E-state index in [4.69, 9.17) is 14.4 Å². The van der Waals surface area contributed by atoms with E-state index in [1.165, 1.54) is 27.2 Å². The Hall–Kier alpha value is -7.24. The topological polar surface area (TPSA) is 48.8 Å². The summed E-state index contributed by atoms with van der Waals surface area (Å²) in [5, 5.41) is 11.3. The lowest BCUT2D eigenvalue weighted by molar-refractivity contribution is 0.651. The third-order valence-corrected chi connectivity index (χ3v) is 10.9. The van der Waals surface area contributed by atoms with E-state index in [1.807, 2.05) is 24.3 Å². The van der Waals surface area contributed by atoms with Crippen LogP contribution in [0.4, 0.5) is 0 Å². The molecule has 5 nitrogen and oxygen atoms in total. The third-order valence-electron chi connectivity index (χ3n) is 10.9. The minimum absolute atomic E-state index is 0.566. The van der Waals surface area contributed by atoms with Gasteiger partial charge in [0.05, 0.1) is 33.1 Å². The van der Waals surface area contributed by atoms with Crippen LogP contribution in [0, 0.1) is 0 Å². The van der Waals surface area contributed by atoms with Crippen LogP contribution in [0.1, 0.15) is 0 Å². The molecule has 0 radical (unpaired) electrons. The molecule has 246 valence electrons. The van der Waals surface area contributed by atoms with Crippen LogP contribution in [0.15, 0.2) is 174 Å². The standard InChI is InChI=1S/C48H28N4O/c1-3-16-30(17-4-1)43-42-36-24-12-14-26-39(36)53-47(42)50-48(49-43)52-44-32-20-8-7-15-29(32)27-28-37(44)41-40-35-23-11-13-25-38(35)51(31-18-5-2-6-19-31)45(40)33-21-9-10-22-34(33)46(41)52/h1-28H. The summed E-state index contributed by atoms with van der Waals surface area (Å²) in [6.45, 7) is 0. The molecule has 0 aliphatic rings. The molecule has 0 aliphatic heterocycles. The summed E-state index contributed by atoms with van der Waals surface area (Å²) >= 11 is 0. The van der Waals surface area contributed by atoms with E-state index in [0.717, 1.165) is 71.3 Å². The van der Waals surface area contributed by atoms with E-state index in [-0.39, 0.29) is 0 Å². The number of fused-ring (bicyclic) bond motifs is 15. The fraction of sp³-hybridized carbons (Fsp3) is 0. The van der Waals surface area contributed by atoms with Crippen LogP contribution in [0.2, 0.25) is 0 Å². The molecule has 0 bridgehead atoms. The summed E-state index contributed by atoms with van der Waals surface area (Å²) in [4.78, 5) is 10.9. The summed E-state index contributed by atoms with van der Waals surface area (Å²) in [5.41, 5.74) is 8.84. The maximum atomic E-state index is 6.56. The highest BCUT2D eigenvalue weighted by molar-refractivity contribution is 6.38. The first-order valence-corrected chi connectivity index (χ1v) is 17.9. The van der Waals surface area contributed by atoms with Crippen molar-refractivity contribution in [2.45, 2.75) is 0 Å². The van der Waals surface area contributed by atoms with Gasteiger partial charge in [-0.3, -0.25) is 4.57 Å². The van der Waals surface area contributed by atoms with Gasteiger partial charge in [0.15, 0.2) is 0 Å². The van der Waals surface area contributed by atoms with Crippen LogP contribution in [0.25, 0.3) is 110 Å². The summed E-state index contributed by atoms with van der Waals surface area (Å²) in [6.07, 6.45) is 0. The largest absolute Gasteiger partial charge is 0.437 e. The van der Waals surface area contributed by atoms with E-state index >= 15 is 0 Å². The molecule has 0 unspecified atom stereocenters. The number of nitrogens with zero attached hydrogens (tertiary/aromatic N) is 4. The molecule has 5 heteroatoms. The number of aromatic nitrogens is 4. The molecule has 0 fully saturated rings. The Labute approximate surface area is 302 Å². The molecular formula is C48H28N4O. The molecule has 4 aromatic heterocycles. The fourth-order valence-corrected chi connectivity index (χ4v) is 8.76. The zero-order valence-corrected chi connectivity index (χ0v) is 28.4. The molecular weight excluding hydrogens is 649 g/mol. The van der Waals surface area contributed by atoms with Crippen molar-refractivity contribution >= 4 is 87.2 Å². The van der Waals surface area contributed by atoms with Crippen molar-refractivity contribution in [3.05, 3.63) is 170 Å². The monoisotopic (exact) mass is 676 g/mol. The van der Waals surface area contributed by atoms with Gasteiger partial charge in [-0.25, -0.2) is 4.98 Å². The van der Waals surface area contributed by atoms with Crippen molar-refractivity contribution in [2.75, 3.05) is 0 Å². The Morgan fingerprint density at radius 2 is 1.00 bits per heavy atom. The molecule has 0 saturated carbocycles. The van der Waals surface area contributed by atoms with Crippen LogP contribution < -0.4 is 0 Å². The molecule has 53 heavy (non-hydrogen) atoms. The number of benzene rings is 8. The van der Waals surface area contributed by atoms with Gasteiger partial charge in [0.25, 0.3) is 0 Å². The molecule has 0 spiro atoms. The maximum absolute atomic E-state index is 6.56. The first-order chi connectivity index (χ1) is 26.3. The normalized spacial score (nSPS) is 12.2. The Balaban J connectivity index is 1.36. The summed E-state index contributed by atoms with van der Waals surface area (Å²) in [7, 11) is 0. The molecule has 0 amide bonds. The van der Waals surface area contributed by atoms with Crippen LogP contribution >= 0.6 is 0 Å². The first kappa shape index (κ1) is 28.5. The summed E-state index contributed by atoms with van der Waals surface area (Å²) in [6, 6.07) is 60.0. The molecule has 12 rings (SSSR count). The number of furan rings is 1. The Bertz CT molecular complexity index is 3450. The average Bonchev–Trinajstić information content (AvgIpc) is 3.89. The predicted molar refractivity (Wildman–Crippen MR) is 218 cm³/mol. The van der Waals surface area contributed by atoms with Crippen molar-refractivity contribution in [3.8, 4) is 22.9 Å². The van der Waals surface area contributed by atoms with E-state index in [0.29, 0.717) is 11.7 Å². The summed E-state index contributed by atoms with van der Waals surface area (Å²) in [5.74, 6) is 0.572. The molecule has 12 aromatic rings. The highest BCUT2D eigenvalue weighted by atomic mass is 16.3. The number of rotatable bonds is 3. The van der Waals surface area contributed by atoms with Crippen molar-refractivity contribution in [3.63, 3.8) is 0 Å². The zero-order chi connectivity index (χ0) is 34.6. The summed E-state index contributed by atoms with van der Waals surface area (Å²) < 4.78 is 11.3. The van der Waals surface area contributed by atoms with Gasteiger partial charge in [0.2, 0.25) is 11.7 Å². The van der Waals surface area contributed by atoms with Crippen molar-refractivity contribution < 1.29 is 4.42 Å². The minimum Gasteiger partial charge on any atom is -0.437 e. The first-order valence-electron chi connectivity index (χ1n) is 17.9. The Morgan fingerprint density at radius 3 is 1.79 bits per heavy atom. The molecule has 8 aromatic carbocycles.